The normalized spacial score (nSPS) is 9.62. The van der Waals surface area contributed by atoms with Crippen LogP contribution < -0.4 is 5.73 Å². The van der Waals surface area contributed by atoms with Crippen LogP contribution in [0.2, 0.25) is 0 Å². The summed E-state index contributed by atoms with van der Waals surface area (Å²) < 4.78 is 34.9. The number of nitrogens with zero attached hydrogens (tertiary/aromatic N) is 2. The highest BCUT2D eigenvalue weighted by molar-refractivity contribution is 9.10. The lowest BCUT2D eigenvalue weighted by Gasteiger charge is -2.02. The number of aromatic nitrogens is 2. The van der Waals surface area contributed by atoms with Gasteiger partial charge < -0.3 is 15.2 Å². The number of nitrogen functional groups attached to an aromatic ring is 1. The van der Waals surface area contributed by atoms with E-state index in [1.54, 1.807) is 0 Å². The van der Waals surface area contributed by atoms with Gasteiger partial charge in [-0.3, -0.25) is 9.59 Å². The van der Waals surface area contributed by atoms with E-state index >= 15 is 0 Å². The second-order valence-corrected chi connectivity index (χ2v) is 7.00. The Bertz CT molecular complexity index is 816. The molecular formula is C17H18Br2ClF2N3O4. The minimum Gasteiger partial charge on any atom is -0.396 e. The molecule has 0 atom stereocenters. The average Bonchev–Trinajstić information content (AvgIpc) is 2.63. The van der Waals surface area contributed by atoms with Crippen LogP contribution in [0.15, 0.2) is 33.7 Å². The minimum absolute atomic E-state index is 0.00154. The number of ketones is 1. The molecule has 0 fully saturated rings. The third-order valence-electron chi connectivity index (χ3n) is 2.66. The first kappa shape index (κ1) is 27.5. The van der Waals surface area contributed by atoms with Crippen molar-refractivity contribution in [1.29, 1.82) is 0 Å². The topological polar surface area (TPSA) is 104 Å². The molecule has 2 heterocycles. The van der Waals surface area contributed by atoms with Crippen molar-refractivity contribution >= 4 is 60.2 Å². The molecule has 0 aromatic carbocycles. The Hall–Kier alpha value is -1.53. The van der Waals surface area contributed by atoms with Crippen LogP contribution in [-0.4, -0.2) is 48.4 Å². The Kier molecular flexibility index (Phi) is 14.5. The van der Waals surface area contributed by atoms with Gasteiger partial charge in [0.2, 0.25) is 5.24 Å². The maximum atomic E-state index is 12.8. The molecule has 0 radical (unpaired) electrons. The van der Waals surface area contributed by atoms with Crippen molar-refractivity contribution in [1.82, 2.24) is 9.97 Å². The van der Waals surface area contributed by atoms with Crippen molar-refractivity contribution in [2.24, 2.45) is 0 Å². The molecule has 0 amide bonds. The molecule has 2 aromatic rings. The highest BCUT2D eigenvalue weighted by atomic mass is 79.9. The molecule has 0 spiro atoms. The Morgan fingerprint density at radius 1 is 1.03 bits per heavy atom. The molecule has 0 aliphatic carbocycles. The lowest BCUT2D eigenvalue weighted by atomic mass is 10.1. The van der Waals surface area contributed by atoms with E-state index in [2.05, 4.69) is 51.3 Å². The van der Waals surface area contributed by atoms with Gasteiger partial charge in [0.25, 0.3) is 0 Å². The minimum atomic E-state index is -0.461. The van der Waals surface area contributed by atoms with Crippen molar-refractivity contribution < 1.29 is 27.8 Å². The Balaban J connectivity index is 0.000000448. The number of pyridine rings is 2. The summed E-state index contributed by atoms with van der Waals surface area (Å²) in [5.74, 6) is -0.982. The summed E-state index contributed by atoms with van der Waals surface area (Å²) in [6.45, 7) is 0.0323. The molecule has 0 saturated carbocycles. The lowest BCUT2D eigenvalue weighted by Crippen LogP contribution is -2.10. The number of halogens is 5. The van der Waals surface area contributed by atoms with Crippen LogP contribution >= 0.6 is 43.5 Å². The van der Waals surface area contributed by atoms with E-state index in [9.17, 15) is 18.4 Å². The van der Waals surface area contributed by atoms with Gasteiger partial charge in [0.05, 0.1) is 18.1 Å². The molecule has 0 unspecified atom stereocenters. The quantitative estimate of drug-likeness (QED) is 0.424. The number of nitrogens with two attached hydrogens (primary N) is 1. The van der Waals surface area contributed by atoms with Crippen molar-refractivity contribution in [2.45, 2.75) is 6.42 Å². The van der Waals surface area contributed by atoms with Crippen LogP contribution in [-0.2, 0) is 25.5 Å². The summed E-state index contributed by atoms with van der Waals surface area (Å²) in [6, 6.07) is 2.49. The standard InChI is InChI=1S/C9H9BrFNO2.C5H4BrFN2.C3H5ClO2/c1-14-5-8(13)3-6-2-7(11)4-12-9(6)10;6-5-4(8)1-3(7)2-9-5;1-6-2-3(4)5/h2,4H,3,5H2,1H3;1-2H,8H2;2H2,1H3. The molecule has 12 heteroatoms. The van der Waals surface area contributed by atoms with Crippen LogP contribution in [0, 0.1) is 11.6 Å². The van der Waals surface area contributed by atoms with Gasteiger partial charge in [0.1, 0.15) is 34.1 Å². The first-order valence-corrected chi connectivity index (χ1v) is 9.61. The third kappa shape index (κ3) is 13.3. The van der Waals surface area contributed by atoms with Crippen molar-refractivity contribution in [3.8, 4) is 0 Å². The van der Waals surface area contributed by atoms with Crippen LogP contribution in [0.5, 0.6) is 0 Å². The molecule has 0 aliphatic heterocycles. The molecule has 0 aliphatic rings. The number of ether oxygens (including phenoxy) is 2. The summed E-state index contributed by atoms with van der Waals surface area (Å²) in [4.78, 5) is 28.2. The second-order valence-electron chi connectivity index (χ2n) is 5.07. The van der Waals surface area contributed by atoms with Gasteiger partial charge in [-0.25, -0.2) is 18.7 Å². The summed E-state index contributed by atoms with van der Waals surface area (Å²) in [7, 11) is 2.86. The number of hydrogen-bond donors (Lipinski definition) is 1. The number of Topliss-reactive ketones (excluding diaryl/α,β-unsaturated/α-hetero) is 1. The van der Waals surface area contributed by atoms with Gasteiger partial charge in [-0.1, -0.05) is 0 Å². The first-order chi connectivity index (χ1) is 13.6. The highest BCUT2D eigenvalue weighted by Gasteiger charge is 2.08. The van der Waals surface area contributed by atoms with E-state index in [1.807, 2.05) is 0 Å². The van der Waals surface area contributed by atoms with Gasteiger partial charge in [-0.2, -0.15) is 0 Å². The molecule has 7 nitrogen and oxygen atoms in total. The molecule has 2 aromatic heterocycles. The number of hydrogen-bond acceptors (Lipinski definition) is 7. The summed E-state index contributed by atoms with van der Waals surface area (Å²) in [5.41, 5.74) is 6.12. The van der Waals surface area contributed by atoms with Gasteiger partial charge in [0.15, 0.2) is 5.78 Å². The van der Waals surface area contributed by atoms with Crippen LogP contribution in [0.1, 0.15) is 5.56 Å². The van der Waals surface area contributed by atoms with E-state index in [0.29, 0.717) is 20.5 Å². The van der Waals surface area contributed by atoms with Gasteiger partial charge in [0, 0.05) is 26.7 Å². The number of carbonyl (C=O) groups excluding carboxylic acids is 2. The Morgan fingerprint density at radius 2 is 1.55 bits per heavy atom. The van der Waals surface area contributed by atoms with E-state index in [4.69, 9.17) is 17.3 Å². The van der Waals surface area contributed by atoms with Gasteiger partial charge in [-0.15, -0.1) is 0 Å². The number of rotatable bonds is 6. The molecule has 29 heavy (non-hydrogen) atoms. The van der Waals surface area contributed by atoms with Crippen molar-refractivity contribution in [2.75, 3.05) is 33.2 Å². The number of anilines is 1. The van der Waals surface area contributed by atoms with Crippen LogP contribution in [0.3, 0.4) is 0 Å². The maximum Gasteiger partial charge on any atom is 0.247 e. The molecule has 160 valence electrons. The lowest BCUT2D eigenvalue weighted by molar-refractivity contribution is -0.122. The summed E-state index contributed by atoms with van der Waals surface area (Å²) in [5, 5.41) is -0.461. The van der Waals surface area contributed by atoms with Crippen molar-refractivity contribution in [3.05, 3.63) is 50.9 Å². The molecular weight excluding hydrogens is 543 g/mol. The van der Waals surface area contributed by atoms with E-state index < -0.39 is 16.9 Å². The fourth-order valence-corrected chi connectivity index (χ4v) is 2.25. The molecule has 2 rings (SSSR count). The third-order valence-corrected chi connectivity index (χ3v) is 4.15. The van der Waals surface area contributed by atoms with E-state index in [-0.39, 0.29) is 25.4 Å². The monoisotopic (exact) mass is 559 g/mol. The second kappa shape index (κ2) is 15.3. The number of methoxy groups -OCH3 is 2. The van der Waals surface area contributed by atoms with Gasteiger partial charge >= 0.3 is 0 Å². The fourth-order valence-electron chi connectivity index (χ4n) is 1.56. The molecule has 0 saturated heterocycles. The molecule has 0 bridgehead atoms. The number of carbonyl (C=O) groups is 2. The largest absolute Gasteiger partial charge is 0.396 e. The zero-order chi connectivity index (χ0) is 22.4. The zero-order valence-corrected chi connectivity index (χ0v) is 19.4. The summed E-state index contributed by atoms with van der Waals surface area (Å²) >= 11 is 11.0. The zero-order valence-electron chi connectivity index (χ0n) is 15.4. The van der Waals surface area contributed by atoms with E-state index in [1.165, 1.54) is 26.4 Å². The highest BCUT2D eigenvalue weighted by Crippen LogP contribution is 2.16. The predicted octanol–water partition coefficient (Wildman–Crippen LogP) is 3.70. The predicted molar refractivity (Wildman–Crippen MR) is 112 cm³/mol. The summed E-state index contributed by atoms with van der Waals surface area (Å²) in [6.07, 6.45) is 2.31. The van der Waals surface area contributed by atoms with Crippen molar-refractivity contribution in [3.63, 3.8) is 0 Å². The van der Waals surface area contributed by atoms with Gasteiger partial charge in [-0.05, 0) is 55.1 Å². The Labute approximate surface area is 188 Å². The Morgan fingerprint density at radius 3 is 1.97 bits per heavy atom. The molecule has 2 N–H and O–H groups in total. The fraction of sp³-hybridized carbons (Fsp3) is 0.294. The van der Waals surface area contributed by atoms with Crippen LogP contribution in [0.25, 0.3) is 0 Å². The van der Waals surface area contributed by atoms with E-state index in [0.717, 1.165) is 12.4 Å². The SMILES string of the molecule is COCC(=O)Cc1cc(F)cnc1Br.COCC(=O)Cl.Nc1cc(F)cnc1Br. The maximum absolute atomic E-state index is 12.8. The average molecular weight is 562 g/mol. The smallest absolute Gasteiger partial charge is 0.247 e. The van der Waals surface area contributed by atoms with Crippen LogP contribution in [0.4, 0.5) is 14.5 Å². The first-order valence-electron chi connectivity index (χ1n) is 7.65.